The minimum absolute atomic E-state index is 0.00170. The first kappa shape index (κ1) is 33.0. The summed E-state index contributed by atoms with van der Waals surface area (Å²) >= 11 is 0. The summed E-state index contributed by atoms with van der Waals surface area (Å²) < 4.78 is 42.1. The molecule has 2 heterocycles. The van der Waals surface area contributed by atoms with Crippen molar-refractivity contribution in [2.45, 2.75) is 65.0 Å². The van der Waals surface area contributed by atoms with Crippen molar-refractivity contribution in [3.05, 3.63) is 54.0 Å². The highest BCUT2D eigenvalue weighted by Gasteiger charge is 2.37. The van der Waals surface area contributed by atoms with Gasteiger partial charge in [-0.1, -0.05) is 33.6 Å². The van der Waals surface area contributed by atoms with E-state index < -0.39 is 48.3 Å². The fourth-order valence-corrected chi connectivity index (χ4v) is 5.07. The Hall–Kier alpha value is -3.51. The Morgan fingerprint density at radius 1 is 1.12 bits per heavy atom. The van der Waals surface area contributed by atoms with Crippen LogP contribution in [0.3, 0.4) is 0 Å². The first-order valence-corrected chi connectivity index (χ1v) is 14.2. The molecule has 1 aromatic carbocycles. The van der Waals surface area contributed by atoms with Crippen LogP contribution < -0.4 is 5.32 Å². The number of imidazole rings is 1. The summed E-state index contributed by atoms with van der Waals surface area (Å²) in [5.74, 6) is -2.04. The molecular weight excluding hydrogens is 551 g/mol. The van der Waals surface area contributed by atoms with Crippen molar-refractivity contribution in [3.63, 3.8) is 0 Å². The van der Waals surface area contributed by atoms with Crippen LogP contribution in [0.15, 0.2) is 36.5 Å². The summed E-state index contributed by atoms with van der Waals surface area (Å²) in [7, 11) is 0. The second-order valence-corrected chi connectivity index (χ2v) is 11.5. The van der Waals surface area contributed by atoms with Gasteiger partial charge >= 0.3 is 0 Å². The average molecular weight is 592 g/mol. The fraction of sp³-hybridized carbons (Fsp3) is 0.533. The number of carbonyl (C=O) groups is 3. The number of rotatable bonds is 16. The molecule has 12 heteroatoms. The molecule has 0 bridgehead atoms. The van der Waals surface area contributed by atoms with Crippen LogP contribution in [0.25, 0.3) is 11.3 Å². The number of aromatic nitrogens is 2. The Bertz CT molecular complexity index is 1240. The number of aromatic amines is 1. The van der Waals surface area contributed by atoms with Gasteiger partial charge in [-0.05, 0) is 49.4 Å². The smallest absolute Gasteiger partial charge is 0.253 e. The fourth-order valence-electron chi connectivity index (χ4n) is 5.07. The lowest BCUT2D eigenvalue weighted by Gasteiger charge is -2.39. The predicted molar refractivity (Wildman–Crippen MR) is 152 cm³/mol. The van der Waals surface area contributed by atoms with Gasteiger partial charge in [-0.15, -0.1) is 0 Å². The van der Waals surface area contributed by atoms with Crippen molar-refractivity contribution in [1.29, 1.82) is 0 Å². The van der Waals surface area contributed by atoms with E-state index in [1.807, 2.05) is 20.8 Å². The molecule has 1 aliphatic heterocycles. The van der Waals surface area contributed by atoms with Gasteiger partial charge in [0.1, 0.15) is 30.7 Å². The SMILES string of the molecule is CC(C)(C)C(c1ncc(-c2cc(F)ccc2F)[nH]1)N(CCC(CF)NCCCCCCN1C(=O)C=CC1=O)C(=O)CO. The zero-order valence-electron chi connectivity index (χ0n) is 24.3. The summed E-state index contributed by atoms with van der Waals surface area (Å²) in [5, 5.41) is 12.9. The molecule has 42 heavy (non-hydrogen) atoms. The molecule has 3 N–H and O–H groups in total. The second kappa shape index (κ2) is 15.1. The number of nitrogens with one attached hydrogen (secondary N) is 2. The molecule has 0 fully saturated rings. The van der Waals surface area contributed by atoms with E-state index in [1.54, 1.807) is 0 Å². The maximum absolute atomic E-state index is 14.4. The molecule has 3 amide bonds. The molecule has 2 unspecified atom stereocenters. The van der Waals surface area contributed by atoms with Crippen LogP contribution in [0.4, 0.5) is 13.2 Å². The molecule has 0 saturated carbocycles. The standard InChI is InChI=1S/C30H40F3N5O4/c1-30(2,3)28(29-35-18-24(36-29)22-16-20(32)8-9-23(22)33)38(27(42)19-39)15-12-21(17-31)34-13-6-4-5-7-14-37-25(40)10-11-26(37)41/h8-11,16,18,21,28,34,39H,4-7,12-15,17,19H2,1-3H3,(H,35,36). The minimum Gasteiger partial charge on any atom is -0.387 e. The lowest BCUT2D eigenvalue weighted by molar-refractivity contribution is -0.140. The van der Waals surface area contributed by atoms with Gasteiger partial charge in [0.15, 0.2) is 0 Å². The molecule has 230 valence electrons. The number of alkyl halides is 1. The highest BCUT2D eigenvalue weighted by Crippen LogP contribution is 2.38. The van der Waals surface area contributed by atoms with Crippen molar-refractivity contribution in [3.8, 4) is 11.3 Å². The van der Waals surface area contributed by atoms with Gasteiger partial charge in [-0.2, -0.15) is 0 Å². The topological polar surface area (TPSA) is 119 Å². The van der Waals surface area contributed by atoms with Gasteiger partial charge in [0, 0.05) is 36.8 Å². The highest BCUT2D eigenvalue weighted by molar-refractivity contribution is 6.12. The van der Waals surface area contributed by atoms with Crippen molar-refractivity contribution in [1.82, 2.24) is 25.1 Å². The maximum Gasteiger partial charge on any atom is 0.253 e. The third-order valence-electron chi connectivity index (χ3n) is 7.21. The zero-order valence-corrected chi connectivity index (χ0v) is 24.3. The summed E-state index contributed by atoms with van der Waals surface area (Å²) in [4.78, 5) is 46.2. The van der Waals surface area contributed by atoms with E-state index in [-0.39, 0.29) is 36.0 Å². The van der Waals surface area contributed by atoms with Crippen LogP contribution in [0.1, 0.15) is 64.7 Å². The lowest BCUT2D eigenvalue weighted by Crippen LogP contribution is -2.45. The molecule has 9 nitrogen and oxygen atoms in total. The molecule has 0 saturated heterocycles. The number of aliphatic hydroxyl groups excluding tert-OH is 1. The van der Waals surface area contributed by atoms with Crippen molar-refractivity contribution < 1.29 is 32.7 Å². The number of amides is 3. The number of hydrogen-bond acceptors (Lipinski definition) is 6. The number of H-pyrrole nitrogens is 1. The van der Waals surface area contributed by atoms with E-state index in [9.17, 15) is 32.7 Å². The zero-order chi connectivity index (χ0) is 30.9. The van der Waals surface area contributed by atoms with E-state index in [1.165, 1.54) is 28.1 Å². The summed E-state index contributed by atoms with van der Waals surface area (Å²) in [6.45, 7) is 5.30. The first-order chi connectivity index (χ1) is 20.0. The van der Waals surface area contributed by atoms with Crippen molar-refractivity contribution in [2.24, 2.45) is 5.41 Å². The number of hydrogen-bond donors (Lipinski definition) is 3. The van der Waals surface area contributed by atoms with Crippen LogP contribution in [0.2, 0.25) is 0 Å². The van der Waals surface area contributed by atoms with E-state index in [0.717, 1.165) is 37.5 Å². The number of nitrogens with zero attached hydrogens (tertiary/aromatic N) is 3. The quantitative estimate of drug-likeness (QED) is 0.200. The largest absolute Gasteiger partial charge is 0.387 e. The Morgan fingerprint density at radius 3 is 2.45 bits per heavy atom. The van der Waals surface area contributed by atoms with E-state index >= 15 is 0 Å². The number of benzene rings is 1. The third kappa shape index (κ3) is 8.75. The van der Waals surface area contributed by atoms with Gasteiger partial charge in [-0.3, -0.25) is 19.3 Å². The number of unbranched alkanes of at least 4 members (excludes halogenated alkanes) is 3. The maximum atomic E-state index is 14.4. The molecule has 0 spiro atoms. The van der Waals surface area contributed by atoms with Gasteiger partial charge in [0.2, 0.25) is 5.91 Å². The summed E-state index contributed by atoms with van der Waals surface area (Å²) in [6.07, 6.45) is 7.29. The summed E-state index contributed by atoms with van der Waals surface area (Å²) in [6, 6.07) is 1.89. The van der Waals surface area contributed by atoms with Crippen LogP contribution in [0.5, 0.6) is 0 Å². The first-order valence-electron chi connectivity index (χ1n) is 14.2. The number of halogens is 3. The Labute approximate surface area is 244 Å². The van der Waals surface area contributed by atoms with Crippen LogP contribution in [-0.4, -0.2) is 81.6 Å². The molecule has 1 aliphatic rings. The van der Waals surface area contributed by atoms with Gasteiger partial charge in [-0.25, -0.2) is 18.2 Å². The van der Waals surface area contributed by atoms with Gasteiger partial charge in [0.05, 0.1) is 17.9 Å². The minimum atomic E-state index is -0.753. The molecule has 1 aromatic heterocycles. The summed E-state index contributed by atoms with van der Waals surface area (Å²) in [5.41, 5.74) is -0.344. The molecule has 2 aromatic rings. The highest BCUT2D eigenvalue weighted by atomic mass is 19.1. The molecule has 3 rings (SSSR count). The van der Waals surface area contributed by atoms with E-state index in [0.29, 0.717) is 25.3 Å². The lowest BCUT2D eigenvalue weighted by atomic mass is 9.84. The van der Waals surface area contributed by atoms with Crippen LogP contribution in [0, 0.1) is 17.0 Å². The number of carbonyl (C=O) groups excluding carboxylic acids is 3. The molecular formula is C30H40F3N5O4. The normalized spacial score (nSPS) is 15.0. The molecule has 2 atom stereocenters. The van der Waals surface area contributed by atoms with Gasteiger partial charge < -0.3 is 20.3 Å². The Kier molecular flexibility index (Phi) is 11.9. The number of imide groups is 1. The molecule has 0 radical (unpaired) electrons. The predicted octanol–water partition coefficient (Wildman–Crippen LogP) is 4.07. The van der Waals surface area contributed by atoms with Crippen molar-refractivity contribution in [2.75, 3.05) is 32.9 Å². The Balaban J connectivity index is 1.58. The monoisotopic (exact) mass is 591 g/mol. The second-order valence-electron chi connectivity index (χ2n) is 11.5. The van der Waals surface area contributed by atoms with Crippen LogP contribution >= 0.6 is 0 Å². The van der Waals surface area contributed by atoms with Gasteiger partial charge in [0.25, 0.3) is 11.8 Å². The van der Waals surface area contributed by atoms with E-state index in [4.69, 9.17) is 0 Å². The van der Waals surface area contributed by atoms with E-state index in [2.05, 4.69) is 15.3 Å². The van der Waals surface area contributed by atoms with Crippen LogP contribution in [-0.2, 0) is 14.4 Å². The van der Waals surface area contributed by atoms with Crippen molar-refractivity contribution >= 4 is 17.7 Å². The molecule has 0 aliphatic carbocycles. The third-order valence-corrected chi connectivity index (χ3v) is 7.21. The Morgan fingerprint density at radius 2 is 1.81 bits per heavy atom. The number of aliphatic hydroxyl groups is 1. The average Bonchev–Trinajstić information content (AvgIpc) is 3.55.